The van der Waals surface area contributed by atoms with Crippen LogP contribution < -0.4 is 4.74 Å². The summed E-state index contributed by atoms with van der Waals surface area (Å²) in [6.07, 6.45) is -0.908. The van der Waals surface area contributed by atoms with Crippen LogP contribution in [0, 0.1) is 0 Å². The first kappa shape index (κ1) is 18.0. The Kier molecular flexibility index (Phi) is 6.01. The molecular weight excluding hydrogens is 338 g/mol. The molecule has 2 atom stereocenters. The Labute approximate surface area is 141 Å². The lowest BCUT2D eigenvalue weighted by Crippen LogP contribution is -2.16. The first-order chi connectivity index (χ1) is 11.5. The van der Waals surface area contributed by atoms with Crippen LogP contribution in [0.3, 0.4) is 0 Å². The normalized spacial score (nSPS) is 13.3. The van der Waals surface area contributed by atoms with E-state index in [-0.39, 0.29) is 17.9 Å². The summed E-state index contributed by atoms with van der Waals surface area (Å²) in [4.78, 5) is 12.1. The molecule has 0 aliphatic rings. The second-order valence-corrected chi connectivity index (χ2v) is 5.40. The predicted molar refractivity (Wildman–Crippen MR) is 83.7 cm³/mol. The molecule has 0 saturated carbocycles. The molecule has 0 radical (unpaired) electrons. The highest BCUT2D eigenvalue weighted by atomic mass is 32.2. The molecule has 1 aromatic carbocycles. The van der Waals surface area contributed by atoms with Crippen molar-refractivity contribution in [1.82, 2.24) is 15.0 Å². The summed E-state index contributed by atoms with van der Waals surface area (Å²) in [5, 5.41) is 7.81. The van der Waals surface area contributed by atoms with Crippen molar-refractivity contribution >= 4 is 17.3 Å². The van der Waals surface area contributed by atoms with Gasteiger partial charge in [0, 0.05) is 0 Å². The molecule has 0 spiro atoms. The summed E-state index contributed by atoms with van der Waals surface area (Å²) < 4.78 is 35.6. The van der Waals surface area contributed by atoms with Crippen LogP contribution in [0.25, 0.3) is 0 Å². The van der Waals surface area contributed by atoms with Crippen molar-refractivity contribution in [3.63, 3.8) is 0 Å². The van der Waals surface area contributed by atoms with Gasteiger partial charge in [-0.05, 0) is 24.6 Å². The van der Waals surface area contributed by atoms with Gasteiger partial charge in [0.1, 0.15) is 17.5 Å². The fraction of sp³-hybridized carbons (Fsp3) is 0.357. The molecule has 0 aliphatic heterocycles. The SMILES string of the molecule is COC(=O)c1c(C(C)OS(=O)O)nnn1Cc1ccc(OC)cc1. The number of hydrogen-bond acceptors (Lipinski definition) is 7. The minimum absolute atomic E-state index is 0.0614. The number of ether oxygens (including phenoxy) is 2. The second-order valence-electron chi connectivity index (χ2n) is 4.78. The third-order valence-corrected chi connectivity index (χ3v) is 3.70. The van der Waals surface area contributed by atoms with E-state index in [1.807, 2.05) is 12.1 Å². The molecule has 24 heavy (non-hydrogen) atoms. The van der Waals surface area contributed by atoms with E-state index in [0.717, 1.165) is 5.56 Å². The average molecular weight is 355 g/mol. The minimum atomic E-state index is -2.50. The maximum atomic E-state index is 12.1. The topological polar surface area (TPSA) is 113 Å². The van der Waals surface area contributed by atoms with E-state index in [4.69, 9.17) is 18.2 Å². The van der Waals surface area contributed by atoms with E-state index < -0.39 is 23.4 Å². The number of carbonyl (C=O) groups excluding carboxylic acids is 1. The molecule has 1 heterocycles. The number of hydrogen-bond donors (Lipinski definition) is 1. The van der Waals surface area contributed by atoms with E-state index in [0.29, 0.717) is 5.75 Å². The van der Waals surface area contributed by atoms with Gasteiger partial charge in [0.25, 0.3) is 0 Å². The minimum Gasteiger partial charge on any atom is -0.497 e. The van der Waals surface area contributed by atoms with Crippen LogP contribution in [0.2, 0.25) is 0 Å². The number of methoxy groups -OCH3 is 2. The highest BCUT2D eigenvalue weighted by Crippen LogP contribution is 2.21. The van der Waals surface area contributed by atoms with Crippen molar-refractivity contribution in [3.8, 4) is 5.75 Å². The van der Waals surface area contributed by atoms with Crippen LogP contribution in [-0.4, -0.2) is 43.9 Å². The predicted octanol–water partition coefficient (Wildman–Crippen LogP) is 1.34. The number of aromatic nitrogens is 3. The number of esters is 1. The maximum absolute atomic E-state index is 12.1. The van der Waals surface area contributed by atoms with Gasteiger partial charge in [-0.25, -0.2) is 9.48 Å². The van der Waals surface area contributed by atoms with Crippen molar-refractivity contribution in [2.75, 3.05) is 14.2 Å². The Morgan fingerprint density at radius 1 is 1.33 bits per heavy atom. The zero-order chi connectivity index (χ0) is 17.7. The first-order valence-corrected chi connectivity index (χ1v) is 7.92. The molecule has 2 unspecified atom stereocenters. The Morgan fingerprint density at radius 2 is 2.00 bits per heavy atom. The molecule has 9 nitrogen and oxygen atoms in total. The molecule has 0 fully saturated rings. The number of carbonyl (C=O) groups is 1. The Hall–Kier alpha value is -2.30. The lowest BCUT2D eigenvalue weighted by atomic mass is 10.2. The van der Waals surface area contributed by atoms with Crippen LogP contribution in [0.5, 0.6) is 5.75 Å². The summed E-state index contributed by atoms with van der Waals surface area (Å²) in [5.41, 5.74) is 1.04. The highest BCUT2D eigenvalue weighted by Gasteiger charge is 2.26. The van der Waals surface area contributed by atoms with Gasteiger partial charge >= 0.3 is 17.3 Å². The number of nitrogens with zero attached hydrogens (tertiary/aromatic N) is 3. The zero-order valence-electron chi connectivity index (χ0n) is 13.3. The van der Waals surface area contributed by atoms with Crippen LogP contribution >= 0.6 is 0 Å². The van der Waals surface area contributed by atoms with Crippen molar-refractivity contribution in [3.05, 3.63) is 41.2 Å². The molecule has 0 bridgehead atoms. The molecule has 10 heteroatoms. The lowest BCUT2D eigenvalue weighted by Gasteiger charge is -2.10. The van der Waals surface area contributed by atoms with E-state index in [1.54, 1.807) is 19.2 Å². The van der Waals surface area contributed by atoms with E-state index >= 15 is 0 Å². The standard InChI is InChI=1S/C14H17N3O6S/c1-9(23-24(19)20)12-13(14(18)22-3)17(16-15-12)8-10-4-6-11(21-2)7-5-10/h4-7,9H,8H2,1-3H3,(H,19,20). The molecule has 0 aliphatic carbocycles. The molecule has 1 N–H and O–H groups in total. The fourth-order valence-corrected chi connectivity index (χ4v) is 2.43. The summed E-state index contributed by atoms with van der Waals surface area (Å²) in [6, 6.07) is 7.21. The second kappa shape index (κ2) is 7.99. The molecule has 0 saturated heterocycles. The molecule has 0 amide bonds. The monoisotopic (exact) mass is 355 g/mol. The van der Waals surface area contributed by atoms with Gasteiger partial charge in [-0.1, -0.05) is 17.3 Å². The highest BCUT2D eigenvalue weighted by molar-refractivity contribution is 7.74. The number of rotatable bonds is 7. The smallest absolute Gasteiger partial charge is 0.358 e. The summed E-state index contributed by atoms with van der Waals surface area (Å²) in [5.74, 6) is 0.0429. The molecule has 130 valence electrons. The van der Waals surface area contributed by atoms with Gasteiger partial charge in [-0.3, -0.25) is 8.74 Å². The van der Waals surface area contributed by atoms with Gasteiger partial charge in [0.05, 0.1) is 20.8 Å². The molecular formula is C14H17N3O6S. The molecule has 2 rings (SSSR count). The van der Waals surface area contributed by atoms with Gasteiger partial charge in [0.15, 0.2) is 5.69 Å². The molecule has 2 aromatic rings. The van der Waals surface area contributed by atoms with Gasteiger partial charge in [-0.15, -0.1) is 5.10 Å². The fourth-order valence-electron chi connectivity index (χ4n) is 2.09. The summed E-state index contributed by atoms with van der Waals surface area (Å²) in [7, 11) is 2.80. The van der Waals surface area contributed by atoms with Gasteiger partial charge in [-0.2, -0.15) is 4.21 Å². The van der Waals surface area contributed by atoms with E-state index in [9.17, 15) is 9.00 Å². The summed E-state index contributed by atoms with van der Waals surface area (Å²) in [6.45, 7) is 1.75. The van der Waals surface area contributed by atoms with E-state index in [1.165, 1.54) is 18.7 Å². The van der Waals surface area contributed by atoms with Crippen molar-refractivity contribution < 1.29 is 27.2 Å². The van der Waals surface area contributed by atoms with Crippen LogP contribution in [0.1, 0.15) is 34.8 Å². The summed E-state index contributed by atoms with van der Waals surface area (Å²) >= 11 is -2.50. The third-order valence-electron chi connectivity index (χ3n) is 3.24. The van der Waals surface area contributed by atoms with Crippen molar-refractivity contribution in [1.29, 1.82) is 0 Å². The lowest BCUT2D eigenvalue weighted by molar-refractivity contribution is 0.0581. The largest absolute Gasteiger partial charge is 0.497 e. The van der Waals surface area contributed by atoms with Crippen molar-refractivity contribution in [2.24, 2.45) is 0 Å². The third kappa shape index (κ3) is 4.16. The average Bonchev–Trinajstić information content (AvgIpc) is 2.98. The van der Waals surface area contributed by atoms with E-state index in [2.05, 4.69) is 10.3 Å². The maximum Gasteiger partial charge on any atom is 0.358 e. The molecule has 1 aromatic heterocycles. The number of benzene rings is 1. The Morgan fingerprint density at radius 3 is 2.54 bits per heavy atom. The Bertz CT molecular complexity index is 731. The van der Waals surface area contributed by atoms with Crippen molar-refractivity contribution in [2.45, 2.75) is 19.6 Å². The van der Waals surface area contributed by atoms with Crippen LogP contribution in [0.4, 0.5) is 0 Å². The first-order valence-electron chi connectivity index (χ1n) is 6.88. The van der Waals surface area contributed by atoms with Gasteiger partial charge < -0.3 is 9.47 Å². The zero-order valence-corrected chi connectivity index (χ0v) is 14.1. The Balaban J connectivity index is 2.33. The van der Waals surface area contributed by atoms with Gasteiger partial charge in [0.2, 0.25) is 0 Å². The van der Waals surface area contributed by atoms with Crippen LogP contribution in [-0.2, 0) is 26.8 Å². The van der Waals surface area contributed by atoms with Crippen LogP contribution in [0.15, 0.2) is 24.3 Å². The quantitative estimate of drug-likeness (QED) is 0.585.